The van der Waals surface area contributed by atoms with Crippen LogP contribution in [0.1, 0.15) is 31.8 Å². The topological polar surface area (TPSA) is 66.5 Å². The predicted octanol–water partition coefficient (Wildman–Crippen LogP) is 6.96. The van der Waals surface area contributed by atoms with Gasteiger partial charge in [0.15, 0.2) is 11.6 Å². The van der Waals surface area contributed by atoms with Crippen molar-refractivity contribution < 1.29 is 14.4 Å². The summed E-state index contributed by atoms with van der Waals surface area (Å²) >= 11 is 9.81. The molecule has 4 aromatic rings. The Morgan fingerprint density at radius 2 is 1.55 bits per heavy atom. The van der Waals surface area contributed by atoms with Gasteiger partial charge in [-0.1, -0.05) is 100 Å². The van der Waals surface area contributed by atoms with E-state index in [1.54, 1.807) is 42.5 Å². The molecule has 5 nitrogen and oxygen atoms in total. The standard InChI is InChI=1S/C33H22BrClN2O3/c34-22-13-10-20(11-14-22)31(39)29-28(30(38)19-6-2-1-3-7-19)33(24-8-4-5-9-25(24)36-32(33)40)27-17-12-21-18-23(35)15-16-26(21)37(27)29/h1-18,27-29H,(H,36,40)/t27-,28+,29+,33+/m1/s1. The molecule has 1 amide bonds. The minimum absolute atomic E-state index is 0.225. The summed E-state index contributed by atoms with van der Waals surface area (Å²) in [7, 11) is 0. The largest absolute Gasteiger partial charge is 0.352 e. The fourth-order valence-corrected chi connectivity index (χ4v) is 7.16. The van der Waals surface area contributed by atoms with Gasteiger partial charge in [0.25, 0.3) is 0 Å². The number of rotatable bonds is 4. The molecule has 0 aromatic heterocycles. The van der Waals surface area contributed by atoms with Crippen molar-refractivity contribution in [3.05, 3.63) is 135 Å². The molecule has 0 saturated carbocycles. The van der Waals surface area contributed by atoms with Gasteiger partial charge in [-0.05, 0) is 47.5 Å². The van der Waals surface area contributed by atoms with Gasteiger partial charge in [0.1, 0.15) is 11.5 Å². The van der Waals surface area contributed by atoms with Gasteiger partial charge in [-0.15, -0.1) is 0 Å². The molecule has 3 aliphatic heterocycles. The Balaban J connectivity index is 1.54. The average Bonchev–Trinajstić information content (AvgIpc) is 3.45. The minimum atomic E-state index is -1.34. The van der Waals surface area contributed by atoms with Crippen LogP contribution in [-0.4, -0.2) is 29.6 Å². The number of Topliss-reactive ketones (excluding diaryl/α,β-unsaturated/α-hetero) is 2. The first-order chi connectivity index (χ1) is 19.4. The van der Waals surface area contributed by atoms with Gasteiger partial charge in [-0.3, -0.25) is 14.4 Å². The minimum Gasteiger partial charge on any atom is -0.352 e. The smallest absolute Gasteiger partial charge is 0.238 e. The van der Waals surface area contributed by atoms with Gasteiger partial charge in [0, 0.05) is 32.0 Å². The lowest BCUT2D eigenvalue weighted by Gasteiger charge is -2.37. The number of hydrogen-bond acceptors (Lipinski definition) is 4. The highest BCUT2D eigenvalue weighted by atomic mass is 79.9. The number of carbonyl (C=O) groups excluding carboxylic acids is 3. The molecule has 0 radical (unpaired) electrons. The third kappa shape index (κ3) is 3.49. The number of hydrogen-bond donors (Lipinski definition) is 1. The molecule has 0 aliphatic carbocycles. The van der Waals surface area contributed by atoms with Crippen molar-refractivity contribution in [2.24, 2.45) is 5.92 Å². The van der Waals surface area contributed by atoms with E-state index < -0.39 is 23.4 Å². The molecule has 1 fully saturated rings. The van der Waals surface area contributed by atoms with E-state index in [0.717, 1.165) is 21.3 Å². The number of nitrogens with one attached hydrogen (secondary N) is 1. The Morgan fingerprint density at radius 1 is 0.850 bits per heavy atom. The quantitative estimate of drug-likeness (QED) is 0.254. The summed E-state index contributed by atoms with van der Waals surface area (Å²) in [5.74, 6) is -1.77. The SMILES string of the molecule is O=C(c1ccc(Br)cc1)[C@@H]1[C@@H](C(=O)c2ccccc2)[C@@]2(C(=O)Nc3ccccc32)[C@H]2C=Cc3cc(Cl)ccc3N12. The summed E-state index contributed by atoms with van der Waals surface area (Å²) in [4.78, 5) is 45.6. The predicted molar refractivity (Wildman–Crippen MR) is 160 cm³/mol. The van der Waals surface area contributed by atoms with E-state index in [2.05, 4.69) is 21.2 Å². The van der Waals surface area contributed by atoms with Gasteiger partial charge in [-0.2, -0.15) is 0 Å². The van der Waals surface area contributed by atoms with Crippen molar-refractivity contribution in [1.29, 1.82) is 0 Å². The number of amides is 1. The van der Waals surface area contributed by atoms with Crippen LogP contribution in [0, 0.1) is 5.92 Å². The van der Waals surface area contributed by atoms with Crippen molar-refractivity contribution in [3.63, 3.8) is 0 Å². The van der Waals surface area contributed by atoms with Gasteiger partial charge in [-0.25, -0.2) is 0 Å². The molecule has 0 unspecified atom stereocenters. The Morgan fingerprint density at radius 3 is 2.33 bits per heavy atom. The van der Waals surface area contributed by atoms with E-state index in [0.29, 0.717) is 21.8 Å². The highest BCUT2D eigenvalue weighted by Crippen LogP contribution is 2.58. The summed E-state index contributed by atoms with van der Waals surface area (Å²) in [5.41, 5.74) is 2.54. The van der Waals surface area contributed by atoms with Crippen LogP contribution < -0.4 is 10.2 Å². The zero-order chi connectivity index (χ0) is 27.6. The number of halogens is 2. The van der Waals surface area contributed by atoms with Crippen LogP contribution in [0.3, 0.4) is 0 Å². The lowest BCUT2D eigenvalue weighted by atomic mass is 9.64. The number of anilines is 2. The average molecular weight is 610 g/mol. The van der Waals surface area contributed by atoms with Gasteiger partial charge in [0.05, 0.1) is 12.0 Å². The number of benzene rings is 4. The maximum atomic E-state index is 14.7. The number of ketones is 2. The van der Waals surface area contributed by atoms with Crippen LogP contribution in [-0.2, 0) is 10.2 Å². The molecule has 7 heteroatoms. The van der Waals surface area contributed by atoms with Crippen molar-refractivity contribution in [3.8, 4) is 0 Å². The second-order valence-electron chi connectivity index (χ2n) is 10.3. The zero-order valence-corrected chi connectivity index (χ0v) is 23.4. The Bertz CT molecular complexity index is 1740. The molecule has 4 atom stereocenters. The molecule has 196 valence electrons. The number of nitrogens with zero attached hydrogens (tertiary/aromatic N) is 1. The summed E-state index contributed by atoms with van der Waals surface area (Å²) < 4.78 is 0.840. The van der Waals surface area contributed by atoms with Gasteiger partial charge >= 0.3 is 0 Å². The molecule has 1 saturated heterocycles. The van der Waals surface area contributed by atoms with E-state index in [4.69, 9.17) is 11.6 Å². The number of fused-ring (bicyclic) bond motifs is 6. The van der Waals surface area contributed by atoms with Gasteiger partial charge in [0.2, 0.25) is 5.91 Å². The third-order valence-corrected chi connectivity index (χ3v) is 9.10. The normalized spacial score (nSPS) is 23.9. The summed E-state index contributed by atoms with van der Waals surface area (Å²) in [6, 6.07) is 27.5. The molecular formula is C33H22BrClN2O3. The summed E-state index contributed by atoms with van der Waals surface area (Å²) in [5, 5.41) is 3.61. The molecule has 1 N–H and O–H groups in total. The third-order valence-electron chi connectivity index (χ3n) is 8.33. The van der Waals surface area contributed by atoms with Crippen LogP contribution in [0.25, 0.3) is 6.08 Å². The molecular weight excluding hydrogens is 588 g/mol. The Kier molecular flexibility index (Phi) is 5.81. The van der Waals surface area contributed by atoms with Gasteiger partial charge < -0.3 is 10.2 Å². The second kappa shape index (κ2) is 9.29. The highest BCUT2D eigenvalue weighted by Gasteiger charge is 2.70. The van der Waals surface area contributed by atoms with Crippen LogP contribution in [0.5, 0.6) is 0 Å². The first kappa shape index (κ1) is 25.0. The molecule has 3 heterocycles. The number of para-hydroxylation sites is 1. The Hall–Kier alpha value is -4.00. The monoisotopic (exact) mass is 608 g/mol. The van der Waals surface area contributed by atoms with E-state index >= 15 is 0 Å². The van der Waals surface area contributed by atoms with Crippen LogP contribution in [0.15, 0.2) is 108 Å². The maximum Gasteiger partial charge on any atom is 0.238 e. The van der Waals surface area contributed by atoms with Crippen LogP contribution in [0.4, 0.5) is 11.4 Å². The van der Waals surface area contributed by atoms with Crippen molar-refractivity contribution in [2.45, 2.75) is 17.5 Å². The molecule has 1 spiro atoms. The summed E-state index contributed by atoms with van der Waals surface area (Å²) in [6.45, 7) is 0. The maximum absolute atomic E-state index is 14.7. The molecule has 4 aromatic carbocycles. The van der Waals surface area contributed by atoms with E-state index in [9.17, 15) is 14.4 Å². The van der Waals surface area contributed by atoms with Crippen molar-refractivity contribution in [2.75, 3.05) is 10.2 Å². The first-order valence-electron chi connectivity index (χ1n) is 13.0. The molecule has 7 rings (SSSR count). The number of carbonyl (C=O) groups is 3. The fraction of sp³-hybridized carbons (Fsp3) is 0.121. The Labute approximate surface area is 244 Å². The molecule has 0 bridgehead atoms. The van der Waals surface area contributed by atoms with Crippen LogP contribution in [0.2, 0.25) is 5.02 Å². The van der Waals surface area contributed by atoms with E-state index in [1.807, 2.05) is 71.6 Å². The fourth-order valence-electron chi connectivity index (χ4n) is 6.72. The second-order valence-corrected chi connectivity index (χ2v) is 11.7. The van der Waals surface area contributed by atoms with E-state index in [1.165, 1.54) is 0 Å². The highest BCUT2D eigenvalue weighted by molar-refractivity contribution is 9.10. The van der Waals surface area contributed by atoms with Crippen molar-refractivity contribution >= 4 is 62.5 Å². The first-order valence-corrected chi connectivity index (χ1v) is 14.1. The summed E-state index contributed by atoms with van der Waals surface area (Å²) in [6.07, 6.45) is 3.88. The lowest BCUT2D eigenvalue weighted by Crippen LogP contribution is -2.51. The van der Waals surface area contributed by atoms with E-state index in [-0.39, 0.29) is 17.5 Å². The van der Waals surface area contributed by atoms with Crippen molar-refractivity contribution in [1.82, 2.24) is 0 Å². The lowest BCUT2D eigenvalue weighted by molar-refractivity contribution is -0.121. The molecule has 40 heavy (non-hydrogen) atoms. The zero-order valence-electron chi connectivity index (χ0n) is 21.1. The van der Waals surface area contributed by atoms with Crippen LogP contribution >= 0.6 is 27.5 Å². The molecule has 3 aliphatic rings.